The Morgan fingerprint density at radius 1 is 1.12 bits per heavy atom. The highest BCUT2D eigenvalue weighted by Crippen LogP contribution is 2.31. The van der Waals surface area contributed by atoms with Gasteiger partial charge in [-0.2, -0.15) is 0 Å². The fourth-order valence-corrected chi connectivity index (χ4v) is 4.10. The minimum absolute atomic E-state index is 0.241. The minimum Gasteiger partial charge on any atom is -0.480 e. The smallest absolute Gasteiger partial charge is 0.326 e. The maximum Gasteiger partial charge on any atom is 0.326 e. The molecular formula is C25H30N2O5. The summed E-state index contributed by atoms with van der Waals surface area (Å²) in [5.74, 6) is -1.83. The van der Waals surface area contributed by atoms with Gasteiger partial charge in [0.25, 0.3) is 0 Å². The molecule has 2 aromatic rings. The van der Waals surface area contributed by atoms with E-state index in [9.17, 15) is 19.5 Å². The molecule has 7 nitrogen and oxygen atoms in total. The summed E-state index contributed by atoms with van der Waals surface area (Å²) in [5, 5.41) is 12.8. The number of amides is 1. The highest BCUT2D eigenvalue weighted by molar-refractivity contribution is 6.03. The van der Waals surface area contributed by atoms with E-state index in [1.54, 1.807) is 26.0 Å². The maximum atomic E-state index is 13.4. The number of para-hydroxylation sites is 1. The van der Waals surface area contributed by atoms with Gasteiger partial charge in [0, 0.05) is 5.69 Å². The van der Waals surface area contributed by atoms with E-state index in [0.29, 0.717) is 31.4 Å². The molecule has 0 radical (unpaired) electrons. The van der Waals surface area contributed by atoms with Gasteiger partial charge in [0.05, 0.1) is 12.6 Å². The summed E-state index contributed by atoms with van der Waals surface area (Å²) < 4.78 is 5.21. The van der Waals surface area contributed by atoms with Crippen LogP contribution in [0.3, 0.4) is 0 Å². The number of carboxylic acids is 1. The molecule has 2 aromatic carbocycles. The number of fused-ring (bicyclic) bond motifs is 1. The number of carboxylic acid groups (broad SMARTS) is 1. The summed E-state index contributed by atoms with van der Waals surface area (Å²) in [6.07, 6.45) is 2.04. The van der Waals surface area contributed by atoms with Crippen molar-refractivity contribution in [1.82, 2.24) is 5.32 Å². The summed E-state index contributed by atoms with van der Waals surface area (Å²) in [7, 11) is 0. The number of aliphatic carboxylic acids is 1. The van der Waals surface area contributed by atoms with Crippen molar-refractivity contribution in [2.24, 2.45) is 0 Å². The van der Waals surface area contributed by atoms with E-state index in [4.69, 9.17) is 4.74 Å². The van der Waals surface area contributed by atoms with Gasteiger partial charge in [0.1, 0.15) is 12.1 Å². The molecule has 1 amide bonds. The van der Waals surface area contributed by atoms with Crippen LogP contribution in [-0.4, -0.2) is 47.7 Å². The lowest BCUT2D eigenvalue weighted by molar-refractivity contribution is -0.146. The fraction of sp³-hybridized carbons (Fsp3) is 0.400. The van der Waals surface area contributed by atoms with Crippen LogP contribution in [0.2, 0.25) is 0 Å². The van der Waals surface area contributed by atoms with Crippen molar-refractivity contribution in [1.29, 1.82) is 0 Å². The second kappa shape index (κ2) is 10.9. The van der Waals surface area contributed by atoms with E-state index >= 15 is 0 Å². The third kappa shape index (κ3) is 5.53. The van der Waals surface area contributed by atoms with Crippen LogP contribution in [0.4, 0.5) is 5.69 Å². The summed E-state index contributed by atoms with van der Waals surface area (Å²) in [5.41, 5.74) is 2.64. The summed E-state index contributed by atoms with van der Waals surface area (Å²) in [6.45, 7) is 3.64. The van der Waals surface area contributed by atoms with Crippen molar-refractivity contribution in [3.05, 3.63) is 65.7 Å². The third-order valence-electron chi connectivity index (χ3n) is 5.73. The van der Waals surface area contributed by atoms with Crippen LogP contribution in [0.25, 0.3) is 0 Å². The maximum absolute atomic E-state index is 13.4. The predicted molar refractivity (Wildman–Crippen MR) is 121 cm³/mol. The van der Waals surface area contributed by atoms with Crippen molar-refractivity contribution >= 4 is 23.5 Å². The zero-order chi connectivity index (χ0) is 23.1. The third-order valence-corrected chi connectivity index (χ3v) is 5.73. The second-order valence-corrected chi connectivity index (χ2v) is 7.95. The number of carbonyl (C=O) groups is 3. The Hall–Kier alpha value is -3.19. The Bertz CT molecular complexity index is 946. The highest BCUT2D eigenvalue weighted by Gasteiger charge is 2.38. The van der Waals surface area contributed by atoms with E-state index in [1.807, 2.05) is 42.5 Å². The van der Waals surface area contributed by atoms with Gasteiger partial charge in [-0.3, -0.25) is 19.8 Å². The van der Waals surface area contributed by atoms with Crippen LogP contribution in [0, 0.1) is 0 Å². The number of nitrogens with zero attached hydrogens (tertiary/aromatic N) is 1. The van der Waals surface area contributed by atoms with Crippen molar-refractivity contribution in [2.45, 2.75) is 57.7 Å². The van der Waals surface area contributed by atoms with E-state index in [2.05, 4.69) is 5.32 Å². The average molecular weight is 439 g/mol. The van der Waals surface area contributed by atoms with Gasteiger partial charge in [-0.25, -0.2) is 4.79 Å². The standard InChI is InChI=1S/C25H30N2O5/c1-3-32-25(31)20(15-13-18-9-5-4-6-10-18)26-17(2)23(28)27-21-12-8-7-11-19(21)14-16-22(27)24(29)30/h4-12,17,20,22,26H,3,13-16H2,1-2H3,(H,29,30)/t17-,20-,22-/m0/s1. The topological polar surface area (TPSA) is 95.9 Å². The number of hydrogen-bond acceptors (Lipinski definition) is 5. The monoisotopic (exact) mass is 438 g/mol. The molecule has 0 saturated carbocycles. The molecule has 32 heavy (non-hydrogen) atoms. The summed E-state index contributed by atoms with van der Waals surface area (Å²) in [6, 6.07) is 14.7. The number of benzene rings is 2. The Balaban J connectivity index is 1.78. The summed E-state index contributed by atoms with van der Waals surface area (Å²) in [4.78, 5) is 39.2. The molecule has 0 aromatic heterocycles. The lowest BCUT2D eigenvalue weighted by Gasteiger charge is -2.37. The molecule has 2 N–H and O–H groups in total. The van der Waals surface area contributed by atoms with E-state index in [1.165, 1.54) is 4.90 Å². The van der Waals surface area contributed by atoms with Gasteiger partial charge in [0.2, 0.25) is 5.91 Å². The van der Waals surface area contributed by atoms with Gasteiger partial charge in [0.15, 0.2) is 0 Å². The van der Waals surface area contributed by atoms with Crippen LogP contribution in [0.15, 0.2) is 54.6 Å². The van der Waals surface area contributed by atoms with Gasteiger partial charge < -0.3 is 9.84 Å². The molecule has 3 rings (SSSR count). The average Bonchev–Trinajstić information content (AvgIpc) is 2.81. The first kappa shape index (κ1) is 23.5. The first-order chi connectivity index (χ1) is 15.4. The number of carbonyl (C=O) groups excluding carboxylic acids is 2. The molecule has 1 aliphatic heterocycles. The van der Waals surface area contributed by atoms with Crippen molar-refractivity contribution < 1.29 is 24.2 Å². The minimum atomic E-state index is -1.04. The zero-order valence-corrected chi connectivity index (χ0v) is 18.5. The van der Waals surface area contributed by atoms with Gasteiger partial charge in [-0.15, -0.1) is 0 Å². The van der Waals surface area contributed by atoms with Crippen LogP contribution in [0.1, 0.15) is 37.8 Å². The Morgan fingerprint density at radius 2 is 1.81 bits per heavy atom. The molecule has 1 heterocycles. The Kier molecular flexibility index (Phi) is 8.00. The first-order valence-electron chi connectivity index (χ1n) is 11.0. The molecule has 7 heteroatoms. The van der Waals surface area contributed by atoms with Crippen LogP contribution >= 0.6 is 0 Å². The van der Waals surface area contributed by atoms with Crippen LogP contribution < -0.4 is 10.2 Å². The molecule has 1 aliphatic rings. The highest BCUT2D eigenvalue weighted by atomic mass is 16.5. The zero-order valence-electron chi connectivity index (χ0n) is 18.5. The molecule has 3 atom stereocenters. The van der Waals surface area contributed by atoms with E-state index in [-0.39, 0.29) is 12.5 Å². The van der Waals surface area contributed by atoms with Crippen LogP contribution in [-0.2, 0) is 32.0 Å². The van der Waals surface area contributed by atoms with E-state index in [0.717, 1.165) is 11.1 Å². The SMILES string of the molecule is CCOC(=O)[C@H](CCc1ccccc1)N[C@@H](C)C(=O)N1c2ccccc2CC[C@H]1C(=O)O. The predicted octanol–water partition coefficient (Wildman–Crippen LogP) is 2.96. The first-order valence-corrected chi connectivity index (χ1v) is 11.0. The Morgan fingerprint density at radius 3 is 2.50 bits per heavy atom. The van der Waals surface area contributed by atoms with Crippen molar-refractivity contribution in [3.63, 3.8) is 0 Å². The molecule has 0 aliphatic carbocycles. The molecule has 0 spiro atoms. The number of ether oxygens (including phenoxy) is 1. The van der Waals surface area contributed by atoms with Gasteiger partial charge >= 0.3 is 11.9 Å². The normalized spacial score (nSPS) is 17.2. The number of aryl methyl sites for hydroxylation is 2. The molecule has 0 saturated heterocycles. The fourth-order valence-electron chi connectivity index (χ4n) is 4.10. The number of esters is 1. The Labute approximate surface area is 188 Å². The number of nitrogens with one attached hydrogen (secondary N) is 1. The van der Waals surface area contributed by atoms with E-state index < -0.39 is 30.1 Å². The molecular weight excluding hydrogens is 408 g/mol. The van der Waals surface area contributed by atoms with Gasteiger partial charge in [-0.05, 0) is 56.7 Å². The molecule has 170 valence electrons. The largest absolute Gasteiger partial charge is 0.480 e. The number of anilines is 1. The van der Waals surface area contributed by atoms with Crippen molar-refractivity contribution in [2.75, 3.05) is 11.5 Å². The summed E-state index contributed by atoms with van der Waals surface area (Å²) >= 11 is 0. The lowest BCUT2D eigenvalue weighted by Crippen LogP contribution is -2.56. The lowest BCUT2D eigenvalue weighted by atomic mass is 9.94. The number of rotatable bonds is 9. The van der Waals surface area contributed by atoms with Crippen molar-refractivity contribution in [3.8, 4) is 0 Å². The number of hydrogen-bond donors (Lipinski definition) is 2. The molecule has 0 unspecified atom stereocenters. The second-order valence-electron chi connectivity index (χ2n) is 7.95. The quantitative estimate of drug-likeness (QED) is 0.585. The van der Waals surface area contributed by atoms with Gasteiger partial charge in [-0.1, -0.05) is 48.5 Å². The molecule has 0 bridgehead atoms. The van der Waals surface area contributed by atoms with Crippen LogP contribution in [0.5, 0.6) is 0 Å². The molecule has 0 fully saturated rings.